The molecule has 0 radical (unpaired) electrons. The number of nitrogens with zero attached hydrogens (tertiary/aromatic N) is 4. The molecule has 0 saturated carbocycles. The van der Waals surface area contributed by atoms with Crippen molar-refractivity contribution in [2.75, 3.05) is 0 Å². The number of aromatic nitrogens is 4. The van der Waals surface area contributed by atoms with E-state index in [2.05, 4.69) is 205 Å². The van der Waals surface area contributed by atoms with Gasteiger partial charge in [0, 0.05) is 59.6 Å². The van der Waals surface area contributed by atoms with Crippen molar-refractivity contribution in [2.24, 2.45) is 0 Å². The van der Waals surface area contributed by atoms with E-state index in [1.165, 1.54) is 63.7 Å². The summed E-state index contributed by atoms with van der Waals surface area (Å²) in [6.45, 7) is 0. The highest BCUT2D eigenvalue weighted by Gasteiger charge is 2.19. The first kappa shape index (κ1) is 36.4. The lowest BCUT2D eigenvalue weighted by molar-refractivity contribution is 1.17. The Bertz CT molecular complexity index is 3890. The Morgan fingerprint density at radius 2 is 0.844 bits per heavy atom. The van der Waals surface area contributed by atoms with Crippen LogP contribution < -0.4 is 0 Å². The normalized spacial score (nSPS) is 11.8. The summed E-state index contributed by atoms with van der Waals surface area (Å²) >= 11 is 1.83. The predicted molar refractivity (Wildman–Crippen MR) is 269 cm³/mol. The number of pyridine rings is 1. The predicted octanol–water partition coefficient (Wildman–Crippen LogP) is 16.0. The van der Waals surface area contributed by atoms with Crippen molar-refractivity contribution in [2.45, 2.75) is 0 Å². The van der Waals surface area contributed by atoms with Crippen LogP contribution in [-0.2, 0) is 0 Å². The maximum Gasteiger partial charge on any atom is 0.160 e. The molecule has 0 unspecified atom stereocenters. The molecule has 13 rings (SSSR count). The van der Waals surface area contributed by atoms with Gasteiger partial charge in [-0.05, 0) is 58.3 Å². The number of benzene rings is 9. The smallest absolute Gasteiger partial charge is 0.160 e. The molecule has 4 heterocycles. The van der Waals surface area contributed by atoms with Gasteiger partial charge in [-0.25, -0.2) is 15.0 Å². The molecule has 0 atom stereocenters. The quantitative estimate of drug-likeness (QED) is 0.168. The molecule has 4 nitrogen and oxygen atoms in total. The highest BCUT2D eigenvalue weighted by atomic mass is 32.1. The molecule has 0 spiro atoms. The molecule has 9 aromatic carbocycles. The third kappa shape index (κ3) is 5.86. The Labute approximate surface area is 373 Å². The molecule has 4 aromatic heterocycles. The highest BCUT2D eigenvalue weighted by Crippen LogP contribution is 2.43. The SMILES string of the molecule is c1ccc(-c2nc(-c3ccc(-c4ccc(-c5nc6c7ccccc7sc6c6ccccc56)c5ccccc45)cc3)cc(-c3ccc(-n4c5ccccc5c5ccccc54)cc3)n2)cc1. The molecule has 0 saturated heterocycles. The van der Waals surface area contributed by atoms with Gasteiger partial charge in [0.15, 0.2) is 5.82 Å². The summed E-state index contributed by atoms with van der Waals surface area (Å²) < 4.78 is 4.84. The first-order chi connectivity index (χ1) is 31.7. The molecular weight excluding hydrogens is 797 g/mol. The van der Waals surface area contributed by atoms with Gasteiger partial charge in [0.25, 0.3) is 0 Å². The molecule has 0 aliphatic carbocycles. The van der Waals surface area contributed by atoms with Gasteiger partial charge in [-0.15, -0.1) is 11.3 Å². The van der Waals surface area contributed by atoms with Gasteiger partial charge in [0.05, 0.1) is 38.3 Å². The van der Waals surface area contributed by atoms with E-state index >= 15 is 0 Å². The fourth-order valence-electron chi connectivity index (χ4n) is 9.61. The van der Waals surface area contributed by atoms with E-state index in [0.717, 1.165) is 56.1 Å². The van der Waals surface area contributed by atoms with Crippen molar-refractivity contribution >= 4 is 75.0 Å². The molecular formula is C59H36N4S. The average molecular weight is 833 g/mol. The van der Waals surface area contributed by atoms with Crippen LogP contribution in [0.25, 0.3) is 126 Å². The Morgan fingerprint density at radius 1 is 0.344 bits per heavy atom. The van der Waals surface area contributed by atoms with Crippen LogP contribution in [0.5, 0.6) is 0 Å². The summed E-state index contributed by atoms with van der Waals surface area (Å²) in [4.78, 5) is 15.8. The molecule has 0 N–H and O–H groups in total. The number of fused-ring (bicyclic) bond motifs is 9. The summed E-state index contributed by atoms with van der Waals surface area (Å²) in [6, 6.07) is 77.8. The van der Waals surface area contributed by atoms with E-state index in [4.69, 9.17) is 15.0 Å². The van der Waals surface area contributed by atoms with Crippen LogP contribution in [0.3, 0.4) is 0 Å². The summed E-state index contributed by atoms with van der Waals surface area (Å²) in [6.07, 6.45) is 0. The van der Waals surface area contributed by atoms with Gasteiger partial charge in [0.2, 0.25) is 0 Å². The molecule has 298 valence electrons. The number of hydrogen-bond donors (Lipinski definition) is 0. The van der Waals surface area contributed by atoms with Gasteiger partial charge in [-0.1, -0.05) is 182 Å². The van der Waals surface area contributed by atoms with Crippen molar-refractivity contribution in [3.05, 3.63) is 218 Å². The van der Waals surface area contributed by atoms with E-state index in [1.54, 1.807) is 0 Å². The standard InChI is InChI=1S/C59H36N4S/c1-2-14-40(15-3-1)59-60-51(36-52(61-59)39-30-32-41(33-31-39)63-53-23-11-8-18-45(53)46-19-9-12-24-54(46)63)38-28-26-37(27-29-38)42-34-35-48(44-17-5-4-16-43(42)44)56-47-20-6-7-21-49(47)58-57(62-56)50-22-10-13-25-55(50)64-58/h1-36H. The Hall–Kier alpha value is -8.25. The first-order valence-electron chi connectivity index (χ1n) is 21.6. The van der Waals surface area contributed by atoms with Crippen molar-refractivity contribution in [3.63, 3.8) is 0 Å². The van der Waals surface area contributed by atoms with Gasteiger partial charge in [-0.3, -0.25) is 0 Å². The zero-order chi connectivity index (χ0) is 42.1. The van der Waals surface area contributed by atoms with Gasteiger partial charge in [0.1, 0.15) is 0 Å². The third-order valence-electron chi connectivity index (χ3n) is 12.7. The average Bonchev–Trinajstić information content (AvgIpc) is 3.92. The summed E-state index contributed by atoms with van der Waals surface area (Å²) in [5, 5.41) is 8.48. The monoisotopic (exact) mass is 832 g/mol. The van der Waals surface area contributed by atoms with Crippen LogP contribution >= 0.6 is 11.3 Å². The van der Waals surface area contributed by atoms with Crippen molar-refractivity contribution < 1.29 is 0 Å². The second kappa shape index (κ2) is 14.7. The topological polar surface area (TPSA) is 43.6 Å². The maximum absolute atomic E-state index is 5.45. The zero-order valence-corrected chi connectivity index (χ0v) is 35.3. The Morgan fingerprint density at radius 3 is 1.52 bits per heavy atom. The highest BCUT2D eigenvalue weighted by molar-refractivity contribution is 7.26. The van der Waals surface area contributed by atoms with E-state index in [0.29, 0.717) is 5.82 Å². The van der Waals surface area contributed by atoms with Gasteiger partial charge in [-0.2, -0.15) is 0 Å². The van der Waals surface area contributed by atoms with Crippen LogP contribution in [0.4, 0.5) is 0 Å². The van der Waals surface area contributed by atoms with Crippen LogP contribution in [0.1, 0.15) is 0 Å². The van der Waals surface area contributed by atoms with E-state index in [1.807, 2.05) is 29.5 Å². The van der Waals surface area contributed by atoms with E-state index < -0.39 is 0 Å². The number of hydrogen-bond acceptors (Lipinski definition) is 4. The molecule has 0 aliphatic rings. The summed E-state index contributed by atoms with van der Waals surface area (Å²) in [5.41, 5.74) is 13.8. The molecule has 0 aliphatic heterocycles. The van der Waals surface area contributed by atoms with Gasteiger partial charge < -0.3 is 4.57 Å². The number of rotatable bonds is 6. The van der Waals surface area contributed by atoms with Crippen LogP contribution in [-0.4, -0.2) is 19.5 Å². The number of para-hydroxylation sites is 2. The van der Waals surface area contributed by atoms with E-state index in [-0.39, 0.29) is 0 Å². The third-order valence-corrected chi connectivity index (χ3v) is 13.8. The summed E-state index contributed by atoms with van der Waals surface area (Å²) in [5.74, 6) is 0.694. The molecule has 13 aromatic rings. The van der Waals surface area contributed by atoms with Crippen LogP contribution in [0, 0.1) is 0 Å². The molecule has 5 heteroatoms. The first-order valence-corrected chi connectivity index (χ1v) is 22.4. The van der Waals surface area contributed by atoms with Crippen LogP contribution in [0.15, 0.2) is 218 Å². The fourth-order valence-corrected chi connectivity index (χ4v) is 10.8. The van der Waals surface area contributed by atoms with Crippen molar-refractivity contribution in [1.82, 2.24) is 19.5 Å². The number of thiophene rings is 1. The molecule has 0 fully saturated rings. The molecule has 0 bridgehead atoms. The van der Waals surface area contributed by atoms with Crippen molar-refractivity contribution in [3.8, 4) is 62.0 Å². The Balaban J connectivity index is 0.892. The Kier molecular flexibility index (Phi) is 8.36. The largest absolute Gasteiger partial charge is 0.309 e. The minimum Gasteiger partial charge on any atom is -0.309 e. The minimum atomic E-state index is 0.694. The lowest BCUT2D eigenvalue weighted by Crippen LogP contribution is -1.97. The fraction of sp³-hybridized carbons (Fsp3) is 0. The van der Waals surface area contributed by atoms with Crippen molar-refractivity contribution in [1.29, 1.82) is 0 Å². The summed E-state index contributed by atoms with van der Waals surface area (Å²) in [7, 11) is 0. The molecule has 0 amide bonds. The zero-order valence-electron chi connectivity index (χ0n) is 34.5. The molecule has 64 heavy (non-hydrogen) atoms. The second-order valence-electron chi connectivity index (χ2n) is 16.3. The maximum atomic E-state index is 5.45. The second-order valence-corrected chi connectivity index (χ2v) is 17.4. The van der Waals surface area contributed by atoms with E-state index in [9.17, 15) is 0 Å². The minimum absolute atomic E-state index is 0.694. The van der Waals surface area contributed by atoms with Gasteiger partial charge >= 0.3 is 0 Å². The van der Waals surface area contributed by atoms with Crippen LogP contribution in [0.2, 0.25) is 0 Å². The lowest BCUT2D eigenvalue weighted by Gasteiger charge is -2.14. The lowest BCUT2D eigenvalue weighted by atomic mass is 9.91.